The van der Waals surface area contributed by atoms with Crippen LogP contribution in [0.3, 0.4) is 0 Å². The van der Waals surface area contributed by atoms with Crippen LogP contribution in [-0.2, 0) is 0 Å². The summed E-state index contributed by atoms with van der Waals surface area (Å²) in [5.74, 6) is 0. The number of likely N-dealkylation sites (N-methyl/N-ethyl adjacent to an activating group) is 2. The molecule has 11 heavy (non-hydrogen) atoms. The van der Waals surface area contributed by atoms with E-state index in [0.717, 1.165) is 24.1 Å². The second-order valence-corrected chi connectivity index (χ2v) is 3.91. The number of hydrogen-bond donors (Lipinski definition) is 1. The number of hydrogen-bond acceptors (Lipinski definition) is 2. The van der Waals surface area contributed by atoms with Gasteiger partial charge in [0.2, 0.25) is 0 Å². The van der Waals surface area contributed by atoms with Gasteiger partial charge in [-0.05, 0) is 14.1 Å². The smallest absolute Gasteiger partial charge is 0.102 e. The van der Waals surface area contributed by atoms with Crippen LogP contribution in [0.15, 0.2) is 0 Å². The molecule has 0 aliphatic rings. The quantitative estimate of drug-likeness (QED) is 0.555. The first-order chi connectivity index (χ1) is 4.98. The van der Waals surface area contributed by atoms with Crippen LogP contribution in [0.25, 0.3) is 0 Å². The molecule has 0 rings (SSSR count). The van der Waals surface area contributed by atoms with Gasteiger partial charge < -0.3 is 14.5 Å². The van der Waals surface area contributed by atoms with Gasteiger partial charge in [-0.3, -0.25) is 0 Å². The lowest BCUT2D eigenvalue weighted by Crippen LogP contribution is -2.46. The van der Waals surface area contributed by atoms with Gasteiger partial charge in [0, 0.05) is 6.54 Å². The lowest BCUT2D eigenvalue weighted by atomic mass is 10.4. The average Bonchev–Trinajstić information content (AvgIpc) is 1.84. The third kappa shape index (κ3) is 6.28. The van der Waals surface area contributed by atoms with Gasteiger partial charge in [0.1, 0.15) is 6.54 Å². The Balaban J connectivity index is 3.54. The molecule has 0 saturated heterocycles. The van der Waals surface area contributed by atoms with E-state index in [-0.39, 0.29) is 6.61 Å². The molecule has 0 atom stereocenters. The van der Waals surface area contributed by atoms with Crippen molar-refractivity contribution >= 4 is 0 Å². The zero-order valence-corrected chi connectivity index (χ0v) is 8.17. The standard InChI is InChI=1S/C8H21N2O/c1-9(2)5-6-10(3,4)7-8-11/h11H,5-8H2,1-4H3/q+1. The van der Waals surface area contributed by atoms with Crippen LogP contribution in [0.2, 0.25) is 0 Å². The van der Waals surface area contributed by atoms with Gasteiger partial charge in [0.05, 0.1) is 27.2 Å². The van der Waals surface area contributed by atoms with E-state index in [1.807, 2.05) is 0 Å². The summed E-state index contributed by atoms with van der Waals surface area (Å²) >= 11 is 0. The van der Waals surface area contributed by atoms with Crippen LogP contribution in [0, 0.1) is 0 Å². The molecule has 0 aliphatic heterocycles. The fraction of sp³-hybridized carbons (Fsp3) is 1.00. The molecule has 3 heteroatoms. The van der Waals surface area contributed by atoms with Crippen molar-refractivity contribution in [3.63, 3.8) is 0 Å². The summed E-state index contributed by atoms with van der Waals surface area (Å²) in [6, 6.07) is 0. The maximum Gasteiger partial charge on any atom is 0.102 e. The molecular formula is C8H21N2O+. The first-order valence-corrected chi connectivity index (χ1v) is 4.05. The monoisotopic (exact) mass is 161 g/mol. The average molecular weight is 161 g/mol. The summed E-state index contributed by atoms with van der Waals surface area (Å²) in [6.45, 7) is 3.29. The van der Waals surface area contributed by atoms with Crippen LogP contribution in [0.1, 0.15) is 0 Å². The Morgan fingerprint density at radius 3 is 2.09 bits per heavy atom. The normalized spacial score (nSPS) is 12.5. The van der Waals surface area contributed by atoms with Gasteiger partial charge in [-0.2, -0.15) is 0 Å². The van der Waals surface area contributed by atoms with Crippen LogP contribution >= 0.6 is 0 Å². The molecule has 0 aromatic heterocycles. The van der Waals surface area contributed by atoms with Gasteiger partial charge in [-0.15, -0.1) is 0 Å². The van der Waals surface area contributed by atoms with Crippen LogP contribution < -0.4 is 0 Å². The highest BCUT2D eigenvalue weighted by atomic mass is 16.3. The van der Waals surface area contributed by atoms with Crippen molar-refractivity contribution in [1.29, 1.82) is 0 Å². The lowest BCUT2D eigenvalue weighted by molar-refractivity contribution is -0.890. The predicted octanol–water partition coefficient (Wildman–Crippen LogP) is -0.383. The summed E-state index contributed by atoms with van der Waals surface area (Å²) in [5.41, 5.74) is 0. The van der Waals surface area contributed by atoms with Gasteiger partial charge in [-0.1, -0.05) is 0 Å². The Bertz CT molecular complexity index is 102. The Labute approximate surface area is 69.8 Å². The van der Waals surface area contributed by atoms with Crippen molar-refractivity contribution < 1.29 is 9.59 Å². The lowest BCUT2D eigenvalue weighted by Gasteiger charge is -2.30. The molecule has 0 aromatic carbocycles. The second kappa shape index (κ2) is 4.70. The van der Waals surface area contributed by atoms with Crippen molar-refractivity contribution in [2.45, 2.75) is 0 Å². The molecule has 0 unspecified atom stereocenters. The van der Waals surface area contributed by atoms with Crippen molar-refractivity contribution in [2.24, 2.45) is 0 Å². The Morgan fingerprint density at radius 1 is 1.18 bits per heavy atom. The first kappa shape index (κ1) is 10.9. The Morgan fingerprint density at radius 2 is 1.73 bits per heavy atom. The SMILES string of the molecule is CN(C)CC[N+](C)(C)CCO. The highest BCUT2D eigenvalue weighted by molar-refractivity contribution is 4.41. The first-order valence-electron chi connectivity index (χ1n) is 4.05. The zero-order chi connectivity index (χ0) is 8.91. The highest BCUT2D eigenvalue weighted by Crippen LogP contribution is 1.95. The predicted molar refractivity (Wildman–Crippen MR) is 47.5 cm³/mol. The van der Waals surface area contributed by atoms with Crippen LogP contribution in [-0.4, -0.2) is 68.9 Å². The third-order valence-corrected chi connectivity index (χ3v) is 1.86. The van der Waals surface area contributed by atoms with Crippen molar-refractivity contribution in [2.75, 3.05) is 54.4 Å². The van der Waals surface area contributed by atoms with E-state index in [1.165, 1.54) is 0 Å². The number of aliphatic hydroxyl groups is 1. The molecule has 1 N–H and O–H groups in total. The van der Waals surface area contributed by atoms with Crippen molar-refractivity contribution in [3.8, 4) is 0 Å². The fourth-order valence-corrected chi connectivity index (χ4v) is 0.853. The molecule has 0 spiro atoms. The number of quaternary nitrogens is 1. The Kier molecular flexibility index (Phi) is 4.65. The summed E-state index contributed by atoms with van der Waals surface area (Å²) in [7, 11) is 8.41. The Hall–Kier alpha value is -0.120. The van der Waals surface area contributed by atoms with Gasteiger partial charge in [0.15, 0.2) is 0 Å². The zero-order valence-electron chi connectivity index (χ0n) is 8.17. The molecule has 0 amide bonds. The van der Waals surface area contributed by atoms with Crippen LogP contribution in [0.5, 0.6) is 0 Å². The maximum atomic E-state index is 8.74. The van der Waals surface area contributed by atoms with E-state index in [9.17, 15) is 0 Å². The topological polar surface area (TPSA) is 23.5 Å². The maximum absolute atomic E-state index is 8.74. The van der Waals surface area contributed by atoms with Gasteiger partial charge in [-0.25, -0.2) is 0 Å². The fourth-order valence-electron chi connectivity index (χ4n) is 0.853. The molecule has 0 bridgehead atoms. The number of aliphatic hydroxyl groups excluding tert-OH is 1. The van der Waals surface area contributed by atoms with E-state index in [1.54, 1.807) is 0 Å². The molecule has 0 aromatic rings. The minimum absolute atomic E-state index is 0.278. The molecular weight excluding hydrogens is 140 g/mol. The minimum Gasteiger partial charge on any atom is -0.391 e. The summed E-state index contributed by atoms with van der Waals surface area (Å²) in [5, 5.41) is 8.74. The van der Waals surface area contributed by atoms with Gasteiger partial charge in [0.25, 0.3) is 0 Å². The summed E-state index contributed by atoms with van der Waals surface area (Å²) < 4.78 is 0.898. The number of nitrogens with zero attached hydrogens (tertiary/aromatic N) is 2. The molecule has 0 saturated carbocycles. The minimum atomic E-state index is 0.278. The summed E-state index contributed by atoms with van der Waals surface area (Å²) in [4.78, 5) is 2.16. The van der Waals surface area contributed by atoms with Crippen LogP contribution in [0.4, 0.5) is 0 Å². The number of rotatable bonds is 5. The molecule has 3 nitrogen and oxygen atoms in total. The van der Waals surface area contributed by atoms with E-state index in [2.05, 4.69) is 33.1 Å². The highest BCUT2D eigenvalue weighted by Gasteiger charge is 2.13. The van der Waals surface area contributed by atoms with Crippen molar-refractivity contribution in [3.05, 3.63) is 0 Å². The molecule has 68 valence electrons. The van der Waals surface area contributed by atoms with E-state index >= 15 is 0 Å². The second-order valence-electron chi connectivity index (χ2n) is 3.91. The van der Waals surface area contributed by atoms with E-state index in [4.69, 9.17) is 5.11 Å². The molecule has 0 aliphatic carbocycles. The molecule has 0 radical (unpaired) electrons. The molecule has 0 fully saturated rings. The van der Waals surface area contributed by atoms with E-state index < -0.39 is 0 Å². The molecule has 0 heterocycles. The van der Waals surface area contributed by atoms with Crippen molar-refractivity contribution in [1.82, 2.24) is 4.90 Å². The third-order valence-electron chi connectivity index (χ3n) is 1.86. The summed E-state index contributed by atoms with van der Waals surface area (Å²) in [6.07, 6.45) is 0. The largest absolute Gasteiger partial charge is 0.391 e. The van der Waals surface area contributed by atoms with E-state index in [0.29, 0.717) is 0 Å². The van der Waals surface area contributed by atoms with Gasteiger partial charge >= 0.3 is 0 Å².